The summed E-state index contributed by atoms with van der Waals surface area (Å²) in [6.07, 6.45) is 7.48. The van der Waals surface area contributed by atoms with E-state index in [1.165, 1.54) is 37.7 Å². The van der Waals surface area contributed by atoms with Crippen LogP contribution in [-0.2, 0) is 11.8 Å². The fourth-order valence-electron chi connectivity index (χ4n) is 7.27. The Morgan fingerprint density at radius 3 is 2.52 bits per heavy atom. The van der Waals surface area contributed by atoms with E-state index in [1.807, 2.05) is 6.07 Å². The van der Waals surface area contributed by atoms with Crippen LogP contribution in [0, 0.1) is 22.7 Å². The molecule has 0 radical (unpaired) electrons. The summed E-state index contributed by atoms with van der Waals surface area (Å²) in [5.41, 5.74) is 3.23. The van der Waals surface area contributed by atoms with Crippen LogP contribution in [0.2, 0.25) is 0 Å². The van der Waals surface area contributed by atoms with E-state index in [9.17, 15) is 5.11 Å². The van der Waals surface area contributed by atoms with Gasteiger partial charge in [0.05, 0.1) is 11.6 Å². The summed E-state index contributed by atoms with van der Waals surface area (Å²) < 4.78 is 6.48. The van der Waals surface area contributed by atoms with Gasteiger partial charge in [0.25, 0.3) is 0 Å². The monoisotopic (exact) mass is 406 g/mol. The van der Waals surface area contributed by atoms with Crippen molar-refractivity contribution >= 4 is 15.9 Å². The molecule has 25 heavy (non-hydrogen) atoms. The van der Waals surface area contributed by atoms with Crippen molar-refractivity contribution in [2.24, 2.45) is 22.7 Å². The molecule has 2 nitrogen and oxygen atoms in total. The molecule has 3 aliphatic rings. The molecule has 3 heteroatoms. The maximum Gasteiger partial charge on any atom is 0.134 e. The molecule has 0 aliphatic heterocycles. The third-order valence-corrected chi connectivity index (χ3v) is 8.92. The molecule has 0 unspecified atom stereocenters. The topological polar surface area (TPSA) is 29.5 Å². The number of aromatic hydroxyl groups is 1. The van der Waals surface area contributed by atoms with Gasteiger partial charge in [-0.1, -0.05) is 34.1 Å². The Bertz CT molecular complexity index is 725. The van der Waals surface area contributed by atoms with Crippen LogP contribution in [0.4, 0.5) is 0 Å². The maximum absolute atomic E-state index is 10.9. The van der Waals surface area contributed by atoms with Crippen molar-refractivity contribution in [2.45, 2.75) is 71.6 Å². The molecule has 3 aliphatic carbocycles. The van der Waals surface area contributed by atoms with Crippen molar-refractivity contribution in [3.05, 3.63) is 21.7 Å². The van der Waals surface area contributed by atoms with E-state index in [-0.39, 0.29) is 5.41 Å². The highest BCUT2D eigenvalue weighted by atomic mass is 79.9. The lowest BCUT2D eigenvalue weighted by Crippen LogP contribution is -2.55. The number of fused-ring (bicyclic) bond motifs is 5. The van der Waals surface area contributed by atoms with E-state index in [0.29, 0.717) is 22.5 Å². The molecule has 0 saturated heterocycles. The first-order valence-corrected chi connectivity index (χ1v) is 10.5. The normalized spacial score (nSPS) is 38.6. The van der Waals surface area contributed by atoms with Crippen molar-refractivity contribution in [2.75, 3.05) is 7.11 Å². The third kappa shape index (κ3) is 2.20. The molecule has 0 bridgehead atoms. The van der Waals surface area contributed by atoms with E-state index in [1.54, 1.807) is 7.11 Å². The predicted molar refractivity (Wildman–Crippen MR) is 105 cm³/mol. The van der Waals surface area contributed by atoms with Crippen LogP contribution in [0.15, 0.2) is 10.5 Å². The molecular weight excluding hydrogens is 376 g/mol. The smallest absolute Gasteiger partial charge is 0.134 e. The summed E-state index contributed by atoms with van der Waals surface area (Å²) in [4.78, 5) is 0. The van der Waals surface area contributed by atoms with Gasteiger partial charge in [-0.05, 0) is 76.8 Å². The third-order valence-electron chi connectivity index (χ3n) is 8.31. The van der Waals surface area contributed by atoms with Gasteiger partial charge in [0.15, 0.2) is 0 Å². The summed E-state index contributed by atoms with van der Waals surface area (Å²) in [6.45, 7) is 9.91. The van der Waals surface area contributed by atoms with Crippen LogP contribution in [0.25, 0.3) is 0 Å². The Kier molecular flexibility index (Phi) is 3.83. The fraction of sp³-hybridized carbons (Fsp3) is 0.727. The molecule has 1 aromatic rings. The molecule has 2 fully saturated rings. The van der Waals surface area contributed by atoms with Crippen molar-refractivity contribution in [3.8, 4) is 11.5 Å². The SMILES string of the molecule is COc1cc(Br)c(O)c2c1C[C@@H]1[C@@]3(C)CCCC(C)(C)[C@@H]3CC[C@]21C. The van der Waals surface area contributed by atoms with Gasteiger partial charge in [0.1, 0.15) is 11.5 Å². The minimum atomic E-state index is 0.0507. The number of hydrogen-bond donors (Lipinski definition) is 1. The first kappa shape index (κ1) is 17.7. The molecule has 4 rings (SSSR count). The number of phenols is 1. The van der Waals surface area contributed by atoms with E-state index < -0.39 is 0 Å². The first-order chi connectivity index (χ1) is 11.6. The highest BCUT2D eigenvalue weighted by Crippen LogP contribution is 2.69. The van der Waals surface area contributed by atoms with Gasteiger partial charge in [0, 0.05) is 16.5 Å². The van der Waals surface area contributed by atoms with Crippen LogP contribution in [0.1, 0.15) is 70.9 Å². The second-order valence-electron chi connectivity index (χ2n) is 9.88. The minimum absolute atomic E-state index is 0.0507. The van der Waals surface area contributed by atoms with Crippen molar-refractivity contribution in [1.82, 2.24) is 0 Å². The van der Waals surface area contributed by atoms with Gasteiger partial charge in [0.2, 0.25) is 0 Å². The minimum Gasteiger partial charge on any atom is -0.506 e. The maximum atomic E-state index is 10.9. The largest absolute Gasteiger partial charge is 0.506 e. The Balaban J connectivity index is 1.88. The molecule has 4 atom stereocenters. The Labute approximate surface area is 160 Å². The second kappa shape index (κ2) is 5.41. The highest BCUT2D eigenvalue weighted by molar-refractivity contribution is 9.10. The Hall–Kier alpha value is -0.700. The number of rotatable bonds is 1. The number of phenolic OH excluding ortho intramolecular Hbond substituents is 1. The number of benzene rings is 1. The van der Waals surface area contributed by atoms with Gasteiger partial charge in [-0.25, -0.2) is 0 Å². The summed E-state index contributed by atoms with van der Waals surface area (Å²) in [6, 6.07) is 1.94. The Morgan fingerprint density at radius 2 is 1.84 bits per heavy atom. The van der Waals surface area contributed by atoms with Gasteiger partial charge in [-0.15, -0.1) is 0 Å². The van der Waals surface area contributed by atoms with Crippen LogP contribution in [0.3, 0.4) is 0 Å². The summed E-state index contributed by atoms with van der Waals surface area (Å²) in [5.74, 6) is 2.74. The Morgan fingerprint density at radius 1 is 1.12 bits per heavy atom. The van der Waals surface area contributed by atoms with Crippen LogP contribution < -0.4 is 4.74 Å². The lowest BCUT2D eigenvalue weighted by Gasteiger charge is -2.61. The van der Waals surface area contributed by atoms with Gasteiger partial charge in [-0.3, -0.25) is 0 Å². The molecule has 0 aromatic heterocycles. The zero-order valence-electron chi connectivity index (χ0n) is 16.2. The van der Waals surface area contributed by atoms with Crippen LogP contribution in [-0.4, -0.2) is 12.2 Å². The molecule has 2 saturated carbocycles. The summed E-state index contributed by atoms with van der Waals surface area (Å²) in [7, 11) is 1.75. The fourth-order valence-corrected chi connectivity index (χ4v) is 7.67. The lowest BCUT2D eigenvalue weighted by atomic mass is 9.43. The quantitative estimate of drug-likeness (QED) is 0.599. The molecule has 0 heterocycles. The van der Waals surface area contributed by atoms with Gasteiger partial charge >= 0.3 is 0 Å². The molecule has 1 aromatic carbocycles. The van der Waals surface area contributed by atoms with Crippen molar-refractivity contribution < 1.29 is 9.84 Å². The zero-order chi connectivity index (χ0) is 18.2. The van der Waals surface area contributed by atoms with Gasteiger partial charge < -0.3 is 9.84 Å². The summed E-state index contributed by atoms with van der Waals surface area (Å²) >= 11 is 3.55. The van der Waals surface area contributed by atoms with E-state index in [0.717, 1.165) is 28.1 Å². The zero-order valence-corrected chi connectivity index (χ0v) is 17.8. The molecule has 138 valence electrons. The molecule has 0 amide bonds. The van der Waals surface area contributed by atoms with Crippen molar-refractivity contribution in [1.29, 1.82) is 0 Å². The van der Waals surface area contributed by atoms with Crippen LogP contribution in [0.5, 0.6) is 11.5 Å². The van der Waals surface area contributed by atoms with E-state index in [4.69, 9.17) is 4.74 Å². The number of hydrogen-bond acceptors (Lipinski definition) is 2. The van der Waals surface area contributed by atoms with Gasteiger partial charge in [-0.2, -0.15) is 0 Å². The van der Waals surface area contributed by atoms with Crippen molar-refractivity contribution in [3.63, 3.8) is 0 Å². The lowest BCUT2D eigenvalue weighted by molar-refractivity contribution is -0.0985. The molecule has 0 spiro atoms. The number of ether oxygens (including phenoxy) is 1. The summed E-state index contributed by atoms with van der Waals surface area (Å²) in [5, 5.41) is 10.9. The van der Waals surface area contributed by atoms with E-state index >= 15 is 0 Å². The predicted octanol–water partition coefficient (Wildman–Crippen LogP) is 6.22. The number of halogens is 1. The average molecular weight is 407 g/mol. The molecule has 1 N–H and O–H groups in total. The highest BCUT2D eigenvalue weighted by Gasteiger charge is 2.62. The average Bonchev–Trinajstić information content (AvgIpc) is 2.85. The van der Waals surface area contributed by atoms with E-state index in [2.05, 4.69) is 43.6 Å². The van der Waals surface area contributed by atoms with Crippen LogP contribution >= 0.6 is 15.9 Å². The number of methoxy groups -OCH3 is 1. The first-order valence-electron chi connectivity index (χ1n) is 9.74. The standard InChI is InChI=1S/C22H31BrO2/c1-20(2)8-6-9-21(3)16(20)7-10-22(4)17(21)11-13-15(25-5)12-14(23)19(24)18(13)22/h12,16-17,24H,6-11H2,1-5H3/t16-,17+,21-,22-/m0/s1. The molecular formula is C22H31BrO2. The second-order valence-corrected chi connectivity index (χ2v) is 10.7.